The van der Waals surface area contributed by atoms with Crippen LogP contribution in [-0.4, -0.2) is 43.8 Å². The van der Waals surface area contributed by atoms with Gasteiger partial charge in [0.05, 0.1) is 16.6 Å². The summed E-state index contributed by atoms with van der Waals surface area (Å²) in [6, 6.07) is 8.78. The SMILES string of the molecule is CC[C@@H](C)OC(=O)c1ccc(C(=O)NS(=O)(=O)c2ccc(CCNC(=O)C3CCCCC3)cc2)cn1. The van der Waals surface area contributed by atoms with E-state index in [9.17, 15) is 22.8 Å². The van der Waals surface area contributed by atoms with E-state index in [1.165, 1.54) is 30.7 Å². The number of hydrogen-bond acceptors (Lipinski definition) is 7. The Kier molecular flexibility index (Phi) is 9.58. The molecular weight excluding hydrogens is 482 g/mol. The molecule has 0 aliphatic heterocycles. The van der Waals surface area contributed by atoms with Crippen molar-refractivity contribution >= 4 is 27.8 Å². The minimum absolute atomic E-state index is 0.0102. The molecule has 1 aliphatic carbocycles. The van der Waals surface area contributed by atoms with E-state index in [-0.39, 0.29) is 34.1 Å². The van der Waals surface area contributed by atoms with Crippen molar-refractivity contribution in [2.45, 2.75) is 69.8 Å². The summed E-state index contributed by atoms with van der Waals surface area (Å²) in [5.74, 6) is -1.29. The molecule has 0 saturated heterocycles. The number of ether oxygens (including phenoxy) is 1. The minimum atomic E-state index is -4.11. The third kappa shape index (κ3) is 7.61. The summed E-state index contributed by atoms with van der Waals surface area (Å²) >= 11 is 0. The molecule has 1 fully saturated rings. The van der Waals surface area contributed by atoms with Crippen molar-refractivity contribution in [3.63, 3.8) is 0 Å². The number of hydrogen-bond donors (Lipinski definition) is 2. The molecule has 1 saturated carbocycles. The van der Waals surface area contributed by atoms with Crippen LogP contribution in [0.25, 0.3) is 0 Å². The first-order chi connectivity index (χ1) is 17.2. The number of benzene rings is 1. The Bertz CT molecular complexity index is 1160. The van der Waals surface area contributed by atoms with Gasteiger partial charge in [-0.15, -0.1) is 0 Å². The molecule has 0 bridgehead atoms. The lowest BCUT2D eigenvalue weighted by Gasteiger charge is -2.20. The molecule has 0 radical (unpaired) electrons. The minimum Gasteiger partial charge on any atom is -0.458 e. The van der Waals surface area contributed by atoms with Gasteiger partial charge >= 0.3 is 5.97 Å². The summed E-state index contributed by atoms with van der Waals surface area (Å²) in [6.07, 6.45) is 7.35. The fourth-order valence-corrected chi connectivity index (χ4v) is 4.86. The van der Waals surface area contributed by atoms with E-state index >= 15 is 0 Å². The number of rotatable bonds is 10. The molecule has 1 atom stereocenters. The summed E-state index contributed by atoms with van der Waals surface area (Å²) < 4.78 is 32.5. The van der Waals surface area contributed by atoms with E-state index in [0.717, 1.165) is 37.4 Å². The number of nitrogens with one attached hydrogen (secondary N) is 2. The lowest BCUT2D eigenvalue weighted by molar-refractivity contribution is -0.125. The second-order valence-corrected chi connectivity index (χ2v) is 10.7. The van der Waals surface area contributed by atoms with Gasteiger partial charge < -0.3 is 10.1 Å². The quantitative estimate of drug-likeness (QED) is 0.464. The lowest BCUT2D eigenvalue weighted by Crippen LogP contribution is -2.33. The zero-order valence-corrected chi connectivity index (χ0v) is 21.5. The third-order valence-electron chi connectivity index (χ3n) is 6.27. The maximum absolute atomic E-state index is 12.7. The number of aromatic nitrogens is 1. The van der Waals surface area contributed by atoms with Crippen molar-refractivity contribution in [1.82, 2.24) is 15.0 Å². The molecule has 2 amide bonds. The van der Waals surface area contributed by atoms with Crippen LogP contribution >= 0.6 is 0 Å². The van der Waals surface area contributed by atoms with Crippen LogP contribution in [-0.2, 0) is 26.0 Å². The summed E-state index contributed by atoms with van der Waals surface area (Å²) in [5.41, 5.74) is 0.887. The molecule has 1 heterocycles. The monoisotopic (exact) mass is 515 g/mol. The molecule has 1 aromatic carbocycles. The van der Waals surface area contributed by atoms with Gasteiger partial charge in [-0.1, -0.05) is 38.3 Å². The van der Waals surface area contributed by atoms with E-state index in [2.05, 4.69) is 10.3 Å². The topological polar surface area (TPSA) is 132 Å². The van der Waals surface area contributed by atoms with Gasteiger partial charge in [0.15, 0.2) is 0 Å². The van der Waals surface area contributed by atoms with Crippen molar-refractivity contribution in [2.24, 2.45) is 5.92 Å². The molecule has 194 valence electrons. The molecule has 2 aromatic rings. The predicted octanol–water partition coefficient (Wildman–Crippen LogP) is 3.39. The van der Waals surface area contributed by atoms with Crippen LogP contribution in [0.4, 0.5) is 0 Å². The van der Waals surface area contributed by atoms with Crippen LogP contribution in [0, 0.1) is 5.92 Å². The van der Waals surface area contributed by atoms with Gasteiger partial charge in [0, 0.05) is 18.7 Å². The normalized spacial score (nSPS) is 15.1. The Morgan fingerprint density at radius 1 is 1.06 bits per heavy atom. The van der Waals surface area contributed by atoms with Gasteiger partial charge in [-0.2, -0.15) is 0 Å². The van der Waals surface area contributed by atoms with E-state index in [1.54, 1.807) is 19.1 Å². The fraction of sp³-hybridized carbons (Fsp3) is 0.462. The standard InChI is InChI=1S/C26H33N3O6S/c1-3-18(2)35-26(32)23-14-11-21(17-28-23)25(31)29-36(33,34)22-12-9-19(10-13-22)15-16-27-24(30)20-7-5-4-6-8-20/h9-14,17-18,20H,3-8,15-16H2,1-2H3,(H,27,30)(H,29,31)/t18-/m1/s1. The zero-order chi connectivity index (χ0) is 26.1. The molecule has 2 N–H and O–H groups in total. The van der Waals surface area contributed by atoms with Crippen LogP contribution in [0.15, 0.2) is 47.5 Å². The predicted molar refractivity (Wildman–Crippen MR) is 134 cm³/mol. The summed E-state index contributed by atoms with van der Waals surface area (Å²) in [6.45, 7) is 4.12. The van der Waals surface area contributed by atoms with Crippen molar-refractivity contribution < 1.29 is 27.5 Å². The Hall–Kier alpha value is -3.27. The first-order valence-corrected chi connectivity index (χ1v) is 13.8. The van der Waals surface area contributed by atoms with E-state index in [0.29, 0.717) is 19.4 Å². The number of amides is 2. The highest BCUT2D eigenvalue weighted by Crippen LogP contribution is 2.23. The zero-order valence-electron chi connectivity index (χ0n) is 20.7. The van der Waals surface area contributed by atoms with Gasteiger partial charge in [-0.25, -0.2) is 22.9 Å². The fourth-order valence-electron chi connectivity index (χ4n) is 3.89. The summed E-state index contributed by atoms with van der Waals surface area (Å²) in [5, 5.41) is 2.96. The van der Waals surface area contributed by atoms with E-state index in [4.69, 9.17) is 4.74 Å². The highest BCUT2D eigenvalue weighted by Gasteiger charge is 2.21. The largest absolute Gasteiger partial charge is 0.458 e. The van der Waals surface area contributed by atoms with Crippen molar-refractivity contribution in [3.05, 3.63) is 59.4 Å². The number of nitrogens with zero attached hydrogens (tertiary/aromatic N) is 1. The number of carbonyl (C=O) groups is 3. The Morgan fingerprint density at radius 3 is 2.36 bits per heavy atom. The average molecular weight is 516 g/mol. The molecule has 3 rings (SSSR count). The highest BCUT2D eigenvalue weighted by atomic mass is 32.2. The average Bonchev–Trinajstić information content (AvgIpc) is 2.89. The summed E-state index contributed by atoms with van der Waals surface area (Å²) in [4.78, 5) is 40.6. The smallest absolute Gasteiger partial charge is 0.357 e. The molecule has 0 spiro atoms. The number of pyridine rings is 1. The second-order valence-electron chi connectivity index (χ2n) is 9.01. The van der Waals surface area contributed by atoms with Gasteiger partial charge in [0.1, 0.15) is 5.69 Å². The first-order valence-electron chi connectivity index (χ1n) is 12.3. The second kappa shape index (κ2) is 12.6. The molecule has 10 heteroatoms. The maximum atomic E-state index is 12.7. The van der Waals surface area contributed by atoms with E-state index in [1.807, 2.05) is 11.6 Å². The van der Waals surface area contributed by atoms with E-state index < -0.39 is 21.9 Å². The van der Waals surface area contributed by atoms with Crippen LogP contribution in [0.5, 0.6) is 0 Å². The molecular formula is C26H33N3O6S. The van der Waals surface area contributed by atoms with Gasteiger partial charge in [-0.3, -0.25) is 9.59 Å². The number of esters is 1. The molecule has 36 heavy (non-hydrogen) atoms. The highest BCUT2D eigenvalue weighted by molar-refractivity contribution is 7.90. The Morgan fingerprint density at radius 2 is 1.75 bits per heavy atom. The molecule has 1 aromatic heterocycles. The van der Waals surface area contributed by atoms with Crippen LogP contribution in [0.1, 0.15) is 78.8 Å². The Balaban J connectivity index is 1.52. The van der Waals surface area contributed by atoms with Gasteiger partial charge in [0.2, 0.25) is 5.91 Å². The summed E-state index contributed by atoms with van der Waals surface area (Å²) in [7, 11) is -4.11. The molecule has 9 nitrogen and oxygen atoms in total. The van der Waals surface area contributed by atoms with Gasteiger partial charge in [-0.05, 0) is 62.4 Å². The number of carbonyl (C=O) groups excluding carboxylic acids is 3. The molecule has 1 aliphatic rings. The maximum Gasteiger partial charge on any atom is 0.357 e. The number of sulfonamides is 1. The van der Waals surface area contributed by atoms with Gasteiger partial charge in [0.25, 0.3) is 15.9 Å². The molecule has 0 unspecified atom stereocenters. The first kappa shape index (κ1) is 27.3. The van der Waals surface area contributed by atoms with Crippen molar-refractivity contribution in [2.75, 3.05) is 6.54 Å². The van der Waals surface area contributed by atoms with Crippen LogP contribution in [0.3, 0.4) is 0 Å². The van der Waals surface area contributed by atoms with Crippen LogP contribution in [0.2, 0.25) is 0 Å². The van der Waals surface area contributed by atoms with Crippen molar-refractivity contribution in [3.8, 4) is 0 Å². The van der Waals surface area contributed by atoms with Crippen LogP contribution < -0.4 is 10.0 Å². The van der Waals surface area contributed by atoms with Crippen molar-refractivity contribution in [1.29, 1.82) is 0 Å². The third-order valence-corrected chi connectivity index (χ3v) is 7.61. The Labute approximate surface area is 212 Å². The lowest BCUT2D eigenvalue weighted by atomic mass is 9.88.